The first-order chi connectivity index (χ1) is 14.7. The average Bonchev–Trinajstić information content (AvgIpc) is 2.83. The Morgan fingerprint density at radius 2 is 1.53 bits per heavy atom. The van der Waals surface area contributed by atoms with Crippen LogP contribution in [-0.4, -0.2) is 47.2 Å². The topological polar surface area (TPSA) is 73.1 Å². The predicted octanol–water partition coefficient (Wildman–Crippen LogP) is 3.40. The van der Waals surface area contributed by atoms with Gasteiger partial charge < -0.3 is 9.80 Å². The molecule has 0 bridgehead atoms. The van der Waals surface area contributed by atoms with E-state index in [1.165, 1.54) is 0 Å². The molecule has 1 aromatic heterocycles. The van der Waals surface area contributed by atoms with Crippen molar-refractivity contribution in [2.45, 2.75) is 0 Å². The largest absolute Gasteiger partial charge is 0.352 e. The molecule has 1 amide bonds. The number of benzene rings is 2. The van der Waals surface area contributed by atoms with E-state index in [1.54, 1.807) is 11.0 Å². The zero-order chi connectivity index (χ0) is 20.8. The molecule has 2 heterocycles. The van der Waals surface area contributed by atoms with Crippen LogP contribution in [0.1, 0.15) is 5.56 Å². The second kappa shape index (κ2) is 9.01. The highest BCUT2D eigenvalue weighted by Crippen LogP contribution is 2.19. The summed E-state index contributed by atoms with van der Waals surface area (Å²) in [7, 11) is 0. The minimum atomic E-state index is -0.230. The zero-order valence-corrected chi connectivity index (χ0v) is 16.5. The number of carbonyl (C=O) groups is 1. The third-order valence-corrected chi connectivity index (χ3v) is 5.07. The predicted molar refractivity (Wildman–Crippen MR) is 116 cm³/mol. The molecule has 0 atom stereocenters. The van der Waals surface area contributed by atoms with Gasteiger partial charge in [-0.05, 0) is 23.8 Å². The van der Waals surface area contributed by atoms with E-state index in [1.807, 2.05) is 78.9 Å². The van der Waals surface area contributed by atoms with Gasteiger partial charge in [-0.1, -0.05) is 60.7 Å². The van der Waals surface area contributed by atoms with Crippen LogP contribution in [0.2, 0.25) is 0 Å². The SMILES string of the molecule is N#C/C(=C\c1ccccc1)C(=O)N1CCN(c2ccc(-c3ccccc3)nn2)CC1. The Morgan fingerprint density at radius 3 is 2.13 bits per heavy atom. The summed E-state index contributed by atoms with van der Waals surface area (Å²) in [6.07, 6.45) is 1.64. The number of amides is 1. The van der Waals surface area contributed by atoms with Crippen LogP contribution in [-0.2, 0) is 4.79 Å². The molecule has 0 saturated carbocycles. The summed E-state index contributed by atoms with van der Waals surface area (Å²) >= 11 is 0. The van der Waals surface area contributed by atoms with Gasteiger partial charge in [0.05, 0.1) is 5.69 Å². The standard InChI is InChI=1S/C24H21N5O/c25-18-21(17-19-7-3-1-4-8-19)24(30)29-15-13-28(14-16-29)23-12-11-22(26-27-23)20-9-5-2-6-10-20/h1-12,17H,13-16H2/b21-17+. The fourth-order valence-corrected chi connectivity index (χ4v) is 3.42. The smallest absolute Gasteiger partial charge is 0.264 e. The maximum Gasteiger partial charge on any atom is 0.264 e. The molecule has 1 fully saturated rings. The molecular formula is C24H21N5O. The molecule has 1 aliphatic heterocycles. The van der Waals surface area contributed by atoms with Crippen molar-refractivity contribution in [2.75, 3.05) is 31.1 Å². The molecule has 6 heteroatoms. The van der Waals surface area contributed by atoms with Gasteiger partial charge in [0.25, 0.3) is 5.91 Å². The quantitative estimate of drug-likeness (QED) is 0.500. The van der Waals surface area contributed by atoms with Gasteiger partial charge in [0.1, 0.15) is 11.6 Å². The lowest BCUT2D eigenvalue weighted by Gasteiger charge is -2.35. The molecule has 30 heavy (non-hydrogen) atoms. The van der Waals surface area contributed by atoms with Crippen molar-refractivity contribution < 1.29 is 4.79 Å². The number of hydrogen-bond acceptors (Lipinski definition) is 5. The lowest BCUT2D eigenvalue weighted by molar-refractivity contribution is -0.126. The van der Waals surface area contributed by atoms with Crippen molar-refractivity contribution in [1.82, 2.24) is 15.1 Å². The summed E-state index contributed by atoms with van der Waals surface area (Å²) in [6, 6.07) is 25.3. The minimum Gasteiger partial charge on any atom is -0.352 e. The van der Waals surface area contributed by atoms with Crippen molar-refractivity contribution >= 4 is 17.8 Å². The lowest BCUT2D eigenvalue weighted by Crippen LogP contribution is -2.49. The minimum absolute atomic E-state index is 0.154. The zero-order valence-electron chi connectivity index (χ0n) is 16.5. The Labute approximate surface area is 175 Å². The molecule has 0 unspecified atom stereocenters. The number of aromatic nitrogens is 2. The van der Waals surface area contributed by atoms with Gasteiger partial charge in [-0.3, -0.25) is 4.79 Å². The summed E-state index contributed by atoms with van der Waals surface area (Å²) in [5, 5.41) is 18.2. The van der Waals surface area contributed by atoms with Crippen LogP contribution in [0.25, 0.3) is 17.3 Å². The van der Waals surface area contributed by atoms with Gasteiger partial charge in [-0.2, -0.15) is 5.26 Å². The highest BCUT2D eigenvalue weighted by Gasteiger charge is 2.24. The van der Waals surface area contributed by atoms with Crippen molar-refractivity contribution in [2.24, 2.45) is 0 Å². The second-order valence-corrected chi connectivity index (χ2v) is 7.00. The lowest BCUT2D eigenvalue weighted by atomic mass is 10.1. The van der Waals surface area contributed by atoms with Gasteiger partial charge in [0.15, 0.2) is 5.82 Å². The summed E-state index contributed by atoms with van der Waals surface area (Å²) in [6.45, 7) is 2.37. The Kier molecular flexibility index (Phi) is 5.81. The van der Waals surface area contributed by atoms with E-state index >= 15 is 0 Å². The van der Waals surface area contributed by atoms with Crippen LogP contribution in [0, 0.1) is 11.3 Å². The molecule has 1 saturated heterocycles. The van der Waals surface area contributed by atoms with E-state index in [4.69, 9.17) is 0 Å². The maximum absolute atomic E-state index is 12.8. The van der Waals surface area contributed by atoms with Gasteiger partial charge in [-0.15, -0.1) is 10.2 Å². The third kappa shape index (κ3) is 4.36. The van der Waals surface area contributed by atoms with Gasteiger partial charge in [0, 0.05) is 31.7 Å². The van der Waals surface area contributed by atoms with E-state index in [0.29, 0.717) is 26.2 Å². The molecule has 148 valence electrons. The Balaban J connectivity index is 1.39. The van der Waals surface area contributed by atoms with Gasteiger partial charge >= 0.3 is 0 Å². The molecule has 4 rings (SSSR count). The van der Waals surface area contributed by atoms with E-state index in [2.05, 4.69) is 15.1 Å². The molecule has 0 spiro atoms. The van der Waals surface area contributed by atoms with Crippen LogP contribution < -0.4 is 4.90 Å². The highest BCUT2D eigenvalue weighted by atomic mass is 16.2. The fourth-order valence-electron chi connectivity index (χ4n) is 3.42. The van der Waals surface area contributed by atoms with Crippen LogP contribution in [0.3, 0.4) is 0 Å². The molecule has 2 aromatic carbocycles. The van der Waals surface area contributed by atoms with Crippen molar-refractivity contribution in [3.63, 3.8) is 0 Å². The fraction of sp³-hybridized carbons (Fsp3) is 0.167. The van der Waals surface area contributed by atoms with Crippen LogP contribution in [0.15, 0.2) is 78.4 Å². The van der Waals surface area contributed by atoms with Crippen LogP contribution in [0.4, 0.5) is 5.82 Å². The molecule has 1 aliphatic rings. The van der Waals surface area contributed by atoms with E-state index < -0.39 is 0 Å². The average molecular weight is 395 g/mol. The number of rotatable bonds is 4. The third-order valence-electron chi connectivity index (χ3n) is 5.07. The first kappa shape index (κ1) is 19.3. The first-order valence-electron chi connectivity index (χ1n) is 9.85. The molecule has 0 aliphatic carbocycles. The molecule has 3 aromatic rings. The molecule has 0 radical (unpaired) electrons. The van der Waals surface area contributed by atoms with E-state index in [9.17, 15) is 10.1 Å². The second-order valence-electron chi connectivity index (χ2n) is 7.00. The number of hydrogen-bond donors (Lipinski definition) is 0. The number of nitriles is 1. The van der Waals surface area contributed by atoms with Crippen LogP contribution >= 0.6 is 0 Å². The van der Waals surface area contributed by atoms with Crippen molar-refractivity contribution in [3.8, 4) is 17.3 Å². The maximum atomic E-state index is 12.8. The van der Waals surface area contributed by atoms with Crippen molar-refractivity contribution in [3.05, 3.63) is 83.9 Å². The Morgan fingerprint density at radius 1 is 0.867 bits per heavy atom. The van der Waals surface area contributed by atoms with Crippen molar-refractivity contribution in [1.29, 1.82) is 5.26 Å². The Hall–Kier alpha value is -3.98. The normalized spacial score (nSPS) is 14.3. The Bertz CT molecular complexity index is 1060. The first-order valence-corrected chi connectivity index (χ1v) is 9.85. The monoisotopic (exact) mass is 395 g/mol. The summed E-state index contributed by atoms with van der Waals surface area (Å²) < 4.78 is 0. The van der Waals surface area contributed by atoms with E-state index in [0.717, 1.165) is 22.6 Å². The summed E-state index contributed by atoms with van der Waals surface area (Å²) in [5.41, 5.74) is 2.86. The summed E-state index contributed by atoms with van der Waals surface area (Å²) in [4.78, 5) is 16.6. The highest BCUT2D eigenvalue weighted by molar-refractivity contribution is 6.01. The molecular weight excluding hydrogens is 374 g/mol. The van der Waals surface area contributed by atoms with Crippen LogP contribution in [0.5, 0.6) is 0 Å². The molecule has 0 N–H and O–H groups in total. The van der Waals surface area contributed by atoms with Gasteiger partial charge in [0.2, 0.25) is 0 Å². The van der Waals surface area contributed by atoms with E-state index in [-0.39, 0.29) is 11.5 Å². The number of carbonyl (C=O) groups excluding carboxylic acids is 1. The van der Waals surface area contributed by atoms with Gasteiger partial charge in [-0.25, -0.2) is 0 Å². The number of nitrogens with zero attached hydrogens (tertiary/aromatic N) is 5. The summed E-state index contributed by atoms with van der Waals surface area (Å²) in [5.74, 6) is 0.564. The number of anilines is 1. The molecule has 6 nitrogen and oxygen atoms in total. The number of piperazine rings is 1.